The van der Waals surface area contributed by atoms with Crippen LogP contribution in [0.4, 0.5) is 4.39 Å². The lowest BCUT2D eigenvalue weighted by Gasteiger charge is -2.19. The van der Waals surface area contributed by atoms with Gasteiger partial charge in [-0.15, -0.1) is 0 Å². The molecule has 0 saturated heterocycles. The monoisotopic (exact) mass is 397 g/mol. The number of aromatic hydroxyl groups is 1. The van der Waals surface area contributed by atoms with E-state index in [1.165, 1.54) is 13.2 Å². The molecule has 1 aromatic heterocycles. The second kappa shape index (κ2) is 8.68. The molecular formula is C24H28FNO3. The number of ether oxygens (including phenoxy) is 1. The van der Waals surface area contributed by atoms with Gasteiger partial charge in [0.25, 0.3) is 0 Å². The van der Waals surface area contributed by atoms with E-state index in [-0.39, 0.29) is 11.7 Å². The summed E-state index contributed by atoms with van der Waals surface area (Å²) in [5.74, 6) is -0.646. The number of phenolic OH excluding ortho intramolecular Hbond substituents is 1. The van der Waals surface area contributed by atoms with Crippen LogP contribution in [0.1, 0.15) is 61.4 Å². The zero-order valence-electron chi connectivity index (χ0n) is 17.5. The third kappa shape index (κ3) is 3.86. The molecule has 1 heterocycles. The second-order valence-electron chi connectivity index (χ2n) is 7.48. The molecule has 0 saturated carbocycles. The lowest BCUT2D eigenvalue weighted by Crippen LogP contribution is -2.02. The van der Waals surface area contributed by atoms with Crippen molar-refractivity contribution in [2.75, 3.05) is 7.11 Å². The van der Waals surface area contributed by atoms with Gasteiger partial charge < -0.3 is 14.4 Å². The predicted octanol–water partition coefficient (Wildman–Crippen LogP) is 6.16. The van der Waals surface area contributed by atoms with Crippen molar-refractivity contribution in [3.63, 3.8) is 0 Å². The van der Waals surface area contributed by atoms with Crippen molar-refractivity contribution >= 4 is 16.9 Å². The van der Waals surface area contributed by atoms with Gasteiger partial charge in [-0.05, 0) is 48.6 Å². The Kier molecular flexibility index (Phi) is 6.26. The normalized spacial score (nSPS) is 11.4. The predicted molar refractivity (Wildman–Crippen MR) is 114 cm³/mol. The molecule has 2 aromatic carbocycles. The Hall–Kier alpha value is -2.82. The summed E-state index contributed by atoms with van der Waals surface area (Å²) in [5, 5.41) is 11.6. The molecule has 0 fully saturated rings. The molecule has 0 spiro atoms. The fraction of sp³-hybridized carbons (Fsp3) is 0.375. The SMILES string of the molecule is CCCC(CCC)c1c(-c2ccc(F)cc2O)n(C)c2cc(C(=O)OC)ccc12. The van der Waals surface area contributed by atoms with E-state index < -0.39 is 5.82 Å². The van der Waals surface area contributed by atoms with E-state index in [0.29, 0.717) is 17.0 Å². The van der Waals surface area contributed by atoms with Gasteiger partial charge >= 0.3 is 5.97 Å². The zero-order valence-corrected chi connectivity index (χ0v) is 17.5. The van der Waals surface area contributed by atoms with Crippen LogP contribution in [0.3, 0.4) is 0 Å². The summed E-state index contributed by atoms with van der Waals surface area (Å²) in [6.07, 6.45) is 4.10. The first-order valence-corrected chi connectivity index (χ1v) is 10.1. The minimum Gasteiger partial charge on any atom is -0.507 e. The van der Waals surface area contributed by atoms with Crippen molar-refractivity contribution in [3.8, 4) is 17.0 Å². The maximum atomic E-state index is 13.6. The Morgan fingerprint density at radius 1 is 1.14 bits per heavy atom. The molecule has 3 aromatic rings. The highest BCUT2D eigenvalue weighted by Crippen LogP contribution is 2.44. The zero-order chi connectivity index (χ0) is 21.1. The number of carbonyl (C=O) groups excluding carboxylic acids is 1. The van der Waals surface area contributed by atoms with Gasteiger partial charge in [-0.3, -0.25) is 0 Å². The second-order valence-corrected chi connectivity index (χ2v) is 7.48. The third-order valence-electron chi connectivity index (χ3n) is 5.56. The van der Waals surface area contributed by atoms with Crippen molar-refractivity contribution in [2.45, 2.75) is 45.4 Å². The van der Waals surface area contributed by atoms with Gasteiger partial charge in [0.05, 0.1) is 18.4 Å². The lowest BCUT2D eigenvalue weighted by molar-refractivity contribution is 0.0601. The molecule has 4 nitrogen and oxygen atoms in total. The minimum atomic E-state index is -0.474. The number of rotatable bonds is 7. The van der Waals surface area contributed by atoms with Crippen LogP contribution in [-0.2, 0) is 11.8 Å². The molecule has 0 bridgehead atoms. The third-order valence-corrected chi connectivity index (χ3v) is 5.56. The van der Waals surface area contributed by atoms with Crippen LogP contribution < -0.4 is 0 Å². The summed E-state index contributed by atoms with van der Waals surface area (Å²) in [4.78, 5) is 12.0. The van der Waals surface area contributed by atoms with E-state index in [2.05, 4.69) is 13.8 Å². The van der Waals surface area contributed by atoms with Gasteiger partial charge in [0.2, 0.25) is 0 Å². The molecule has 0 aliphatic heterocycles. The highest BCUT2D eigenvalue weighted by Gasteiger charge is 2.25. The van der Waals surface area contributed by atoms with E-state index in [1.807, 2.05) is 23.7 Å². The Morgan fingerprint density at radius 2 is 1.83 bits per heavy atom. The van der Waals surface area contributed by atoms with Crippen molar-refractivity contribution in [2.24, 2.45) is 7.05 Å². The van der Waals surface area contributed by atoms with E-state index in [0.717, 1.165) is 53.9 Å². The van der Waals surface area contributed by atoms with Crippen LogP contribution in [0.5, 0.6) is 5.75 Å². The molecule has 0 amide bonds. The number of halogens is 1. The maximum Gasteiger partial charge on any atom is 0.337 e. The topological polar surface area (TPSA) is 51.5 Å². The number of methoxy groups -OCH3 is 1. The smallest absolute Gasteiger partial charge is 0.337 e. The Bertz CT molecular complexity index is 1030. The molecule has 0 unspecified atom stereocenters. The summed E-state index contributed by atoms with van der Waals surface area (Å²) in [5.41, 5.74) is 3.97. The number of fused-ring (bicyclic) bond motifs is 1. The molecule has 5 heteroatoms. The van der Waals surface area contributed by atoms with E-state index in [9.17, 15) is 14.3 Å². The van der Waals surface area contributed by atoms with Crippen LogP contribution >= 0.6 is 0 Å². The number of phenols is 1. The van der Waals surface area contributed by atoms with E-state index >= 15 is 0 Å². The minimum absolute atomic E-state index is 0.0860. The molecule has 154 valence electrons. The molecule has 0 aliphatic carbocycles. The Balaban J connectivity index is 2.35. The number of benzene rings is 2. The van der Waals surface area contributed by atoms with Crippen LogP contribution in [0.25, 0.3) is 22.2 Å². The van der Waals surface area contributed by atoms with Crippen LogP contribution in [0.2, 0.25) is 0 Å². The Labute approximate surface area is 170 Å². The maximum absolute atomic E-state index is 13.6. The van der Waals surface area contributed by atoms with Crippen molar-refractivity contribution in [3.05, 3.63) is 53.3 Å². The number of aromatic nitrogens is 1. The van der Waals surface area contributed by atoms with Gasteiger partial charge in [0.15, 0.2) is 0 Å². The fourth-order valence-corrected chi connectivity index (χ4v) is 4.28. The number of hydrogen-bond donors (Lipinski definition) is 1. The first kappa shape index (κ1) is 20.9. The summed E-state index contributed by atoms with van der Waals surface area (Å²) in [6.45, 7) is 4.33. The largest absolute Gasteiger partial charge is 0.507 e. The molecule has 1 N–H and O–H groups in total. The van der Waals surface area contributed by atoms with Crippen LogP contribution in [-0.4, -0.2) is 22.8 Å². The van der Waals surface area contributed by atoms with E-state index in [1.54, 1.807) is 12.1 Å². The first-order chi connectivity index (χ1) is 13.9. The number of nitrogens with zero attached hydrogens (tertiary/aromatic N) is 1. The van der Waals surface area contributed by atoms with Gasteiger partial charge in [-0.25, -0.2) is 9.18 Å². The van der Waals surface area contributed by atoms with Crippen LogP contribution in [0.15, 0.2) is 36.4 Å². The summed E-state index contributed by atoms with van der Waals surface area (Å²) in [6, 6.07) is 9.69. The highest BCUT2D eigenvalue weighted by atomic mass is 19.1. The van der Waals surface area contributed by atoms with Crippen LogP contribution in [0, 0.1) is 5.82 Å². The molecule has 0 aliphatic rings. The molecule has 29 heavy (non-hydrogen) atoms. The standard InChI is InChI=1S/C24H28FNO3/c1-5-7-15(8-6-2)22-18-11-9-16(24(28)29-4)13-20(18)26(3)23(22)19-12-10-17(25)14-21(19)27/h9-15,27H,5-8H2,1-4H3. The van der Waals surface area contributed by atoms with Gasteiger partial charge in [-0.1, -0.05) is 32.8 Å². The average Bonchev–Trinajstić information content (AvgIpc) is 2.99. The first-order valence-electron chi connectivity index (χ1n) is 10.1. The van der Waals surface area contributed by atoms with Gasteiger partial charge in [0, 0.05) is 29.6 Å². The van der Waals surface area contributed by atoms with Gasteiger partial charge in [-0.2, -0.15) is 0 Å². The molecular weight excluding hydrogens is 369 g/mol. The molecule has 3 rings (SSSR count). The molecule has 0 radical (unpaired) electrons. The fourth-order valence-electron chi connectivity index (χ4n) is 4.28. The average molecular weight is 397 g/mol. The van der Waals surface area contributed by atoms with Gasteiger partial charge in [0.1, 0.15) is 11.6 Å². The quantitative estimate of drug-likeness (QED) is 0.486. The highest BCUT2D eigenvalue weighted by molar-refractivity contribution is 5.99. The van der Waals surface area contributed by atoms with E-state index in [4.69, 9.17) is 4.74 Å². The number of hydrogen-bond acceptors (Lipinski definition) is 3. The number of carbonyl (C=O) groups is 1. The lowest BCUT2D eigenvalue weighted by atomic mass is 9.86. The summed E-state index contributed by atoms with van der Waals surface area (Å²) >= 11 is 0. The Morgan fingerprint density at radius 3 is 2.41 bits per heavy atom. The summed E-state index contributed by atoms with van der Waals surface area (Å²) < 4.78 is 20.5. The van der Waals surface area contributed by atoms with Crippen molar-refractivity contribution in [1.29, 1.82) is 0 Å². The van der Waals surface area contributed by atoms with Crippen molar-refractivity contribution in [1.82, 2.24) is 4.57 Å². The summed E-state index contributed by atoms with van der Waals surface area (Å²) in [7, 11) is 3.28. The number of esters is 1. The van der Waals surface area contributed by atoms with Crippen molar-refractivity contribution < 1.29 is 19.0 Å². The number of aryl methyl sites for hydroxylation is 1. The molecule has 0 atom stereocenters.